The van der Waals surface area contributed by atoms with E-state index in [4.69, 9.17) is 0 Å². The Morgan fingerprint density at radius 2 is 1.78 bits per heavy atom. The molecule has 6 nitrogen and oxygen atoms in total. The zero-order chi connectivity index (χ0) is 26.1. The van der Waals surface area contributed by atoms with Crippen LogP contribution in [0.2, 0.25) is 0 Å². The number of hydrogen-bond donors (Lipinski definition) is 1. The van der Waals surface area contributed by atoms with Gasteiger partial charge in [-0.2, -0.15) is 0 Å². The molecule has 3 aromatic rings. The van der Waals surface area contributed by atoms with Gasteiger partial charge in [-0.1, -0.05) is 50.4 Å². The third-order valence-electron chi connectivity index (χ3n) is 6.07. The molecule has 36 heavy (non-hydrogen) atoms. The minimum atomic E-state index is -0.276. The van der Waals surface area contributed by atoms with Crippen molar-refractivity contribution in [3.05, 3.63) is 84.3 Å². The third-order valence-corrected chi connectivity index (χ3v) is 6.07. The van der Waals surface area contributed by atoms with Crippen LogP contribution in [0.3, 0.4) is 0 Å². The van der Waals surface area contributed by atoms with Crippen LogP contribution in [0.25, 0.3) is 22.2 Å². The number of benzene rings is 2. The number of halogens is 1. The molecular weight excluding hydrogens is 453 g/mol. The Balaban J connectivity index is 0.000000205. The van der Waals surface area contributed by atoms with Gasteiger partial charge in [0.1, 0.15) is 5.82 Å². The number of aliphatic imine (C=N–C) groups is 2. The molecule has 4 rings (SSSR count). The van der Waals surface area contributed by atoms with Gasteiger partial charge < -0.3 is 14.8 Å². The molecule has 0 aliphatic carbocycles. The van der Waals surface area contributed by atoms with E-state index < -0.39 is 0 Å². The van der Waals surface area contributed by atoms with Crippen molar-refractivity contribution in [2.45, 2.75) is 20.3 Å². The molecule has 188 valence electrons. The quantitative estimate of drug-likeness (QED) is 0.267. The number of carbonyl (C=O) groups excluding carboxylic acids is 1. The summed E-state index contributed by atoms with van der Waals surface area (Å²) < 4.78 is 14.1. The second-order valence-electron chi connectivity index (χ2n) is 8.63. The van der Waals surface area contributed by atoms with Crippen molar-refractivity contribution in [2.24, 2.45) is 9.98 Å². The number of fused-ring (bicyclic) bond motifs is 1. The van der Waals surface area contributed by atoms with E-state index in [2.05, 4.69) is 51.9 Å². The van der Waals surface area contributed by atoms with E-state index >= 15 is 0 Å². The smallest absolute Gasteiger partial charge is 0.209 e. The highest BCUT2D eigenvalue weighted by molar-refractivity contribution is 6.12. The van der Waals surface area contributed by atoms with Gasteiger partial charge in [0.05, 0.1) is 5.52 Å². The van der Waals surface area contributed by atoms with Crippen molar-refractivity contribution in [3.8, 4) is 0 Å². The van der Waals surface area contributed by atoms with Gasteiger partial charge in [-0.3, -0.25) is 9.79 Å². The van der Waals surface area contributed by atoms with E-state index in [0.717, 1.165) is 67.0 Å². The number of carbonyl (C=O) groups is 1. The summed E-state index contributed by atoms with van der Waals surface area (Å²) in [5.74, 6) is 0.258. The van der Waals surface area contributed by atoms with E-state index in [-0.39, 0.29) is 5.82 Å². The maximum atomic E-state index is 14.1. The zero-order valence-corrected chi connectivity index (χ0v) is 21.1. The second-order valence-corrected chi connectivity index (χ2v) is 8.63. The Labute approximate surface area is 212 Å². The fraction of sp³-hybridized carbons (Fsp3) is 0.276. The van der Waals surface area contributed by atoms with Crippen molar-refractivity contribution in [2.75, 3.05) is 32.7 Å². The van der Waals surface area contributed by atoms with Gasteiger partial charge in [-0.25, -0.2) is 9.38 Å². The normalized spacial score (nSPS) is 13.7. The molecular formula is C29H34FN5O. The van der Waals surface area contributed by atoms with Crippen LogP contribution in [0, 0.1) is 5.82 Å². The number of aromatic amines is 1. The first-order valence-electron chi connectivity index (χ1n) is 12.1. The highest BCUT2D eigenvalue weighted by Crippen LogP contribution is 2.29. The number of H-pyrrole nitrogens is 1. The van der Waals surface area contributed by atoms with Crippen LogP contribution in [0.15, 0.2) is 71.8 Å². The summed E-state index contributed by atoms with van der Waals surface area (Å²) in [6, 6.07) is 13.3. The molecule has 0 bridgehead atoms. The standard InChI is InChI=1S/C16H18FN3.C13H16N2O/c1-5-8-19-16(18-4)11-6-7-13(17)14-12(10(2)3)9-20-15(11)14;1-12(13-5-3-2-4-6-13)15-9-7-14(11-16)8-10-15/h6-7,9,20H,2,4-5,8H2,1,3H3;2-6,11H,1,7-10H2. The monoisotopic (exact) mass is 487 g/mol. The predicted molar refractivity (Wildman–Crippen MR) is 149 cm³/mol. The van der Waals surface area contributed by atoms with E-state index in [1.807, 2.05) is 32.0 Å². The lowest BCUT2D eigenvalue weighted by Crippen LogP contribution is -2.44. The predicted octanol–water partition coefficient (Wildman–Crippen LogP) is 5.63. The van der Waals surface area contributed by atoms with Crippen LogP contribution < -0.4 is 0 Å². The van der Waals surface area contributed by atoms with Crippen LogP contribution >= 0.6 is 0 Å². The van der Waals surface area contributed by atoms with Crippen molar-refractivity contribution in [1.29, 1.82) is 0 Å². The molecule has 1 saturated heterocycles. The molecule has 0 atom stereocenters. The van der Waals surface area contributed by atoms with Gasteiger partial charge in [0.15, 0.2) is 5.84 Å². The Bertz CT molecular complexity index is 1250. The maximum absolute atomic E-state index is 14.1. The molecule has 0 radical (unpaired) electrons. The van der Waals surface area contributed by atoms with E-state index in [1.165, 1.54) is 6.07 Å². The van der Waals surface area contributed by atoms with Crippen LogP contribution in [0.5, 0.6) is 0 Å². The number of hydrogen-bond acceptors (Lipinski definition) is 3. The zero-order valence-electron chi connectivity index (χ0n) is 21.1. The topological polar surface area (TPSA) is 64.1 Å². The summed E-state index contributed by atoms with van der Waals surface area (Å²) in [6.45, 7) is 19.4. The molecule has 1 N–H and O–H groups in total. The summed E-state index contributed by atoms with van der Waals surface area (Å²) in [5.41, 5.74) is 5.24. The molecule has 2 heterocycles. The van der Waals surface area contributed by atoms with Crippen molar-refractivity contribution in [1.82, 2.24) is 14.8 Å². The number of amides is 1. The Kier molecular flexibility index (Phi) is 9.33. The van der Waals surface area contributed by atoms with Gasteiger partial charge in [-0.15, -0.1) is 0 Å². The number of nitrogens with zero attached hydrogens (tertiary/aromatic N) is 4. The first-order chi connectivity index (χ1) is 17.4. The molecule has 1 aromatic heterocycles. The van der Waals surface area contributed by atoms with E-state index in [1.54, 1.807) is 17.2 Å². The lowest BCUT2D eigenvalue weighted by atomic mass is 10.0. The first kappa shape index (κ1) is 26.6. The summed E-state index contributed by atoms with van der Waals surface area (Å²) in [4.78, 5) is 26.1. The van der Waals surface area contributed by atoms with Crippen molar-refractivity contribution in [3.63, 3.8) is 0 Å². The molecule has 1 aliphatic heterocycles. The van der Waals surface area contributed by atoms with Gasteiger partial charge in [0, 0.05) is 61.1 Å². The van der Waals surface area contributed by atoms with E-state index in [9.17, 15) is 9.18 Å². The number of amidine groups is 1. The lowest BCUT2D eigenvalue weighted by molar-refractivity contribution is -0.119. The van der Waals surface area contributed by atoms with Gasteiger partial charge in [-0.05, 0) is 43.3 Å². The van der Waals surface area contributed by atoms with Crippen LogP contribution in [0.1, 0.15) is 37.0 Å². The summed E-state index contributed by atoms with van der Waals surface area (Å²) in [5, 5.41) is 0.530. The molecule has 0 spiro atoms. The van der Waals surface area contributed by atoms with Crippen molar-refractivity contribution < 1.29 is 9.18 Å². The Morgan fingerprint density at radius 3 is 2.36 bits per heavy atom. The van der Waals surface area contributed by atoms with Crippen LogP contribution in [0.4, 0.5) is 4.39 Å². The molecule has 1 aliphatic rings. The summed E-state index contributed by atoms with van der Waals surface area (Å²) in [6.07, 6.45) is 3.60. The minimum Gasteiger partial charge on any atom is -0.368 e. The van der Waals surface area contributed by atoms with Gasteiger partial charge in [0.25, 0.3) is 0 Å². The average Bonchev–Trinajstić information content (AvgIpc) is 3.37. The molecule has 2 aromatic carbocycles. The van der Waals surface area contributed by atoms with Gasteiger partial charge in [0.2, 0.25) is 6.41 Å². The van der Waals surface area contributed by atoms with Crippen LogP contribution in [-0.4, -0.2) is 66.5 Å². The van der Waals surface area contributed by atoms with Gasteiger partial charge >= 0.3 is 0 Å². The lowest BCUT2D eigenvalue weighted by Gasteiger charge is -2.35. The summed E-state index contributed by atoms with van der Waals surface area (Å²) in [7, 11) is 0. The number of allylic oxidation sites excluding steroid dienone is 1. The highest BCUT2D eigenvalue weighted by atomic mass is 19.1. The molecule has 1 fully saturated rings. The molecule has 0 saturated carbocycles. The summed E-state index contributed by atoms with van der Waals surface area (Å²) >= 11 is 0. The molecule has 0 unspecified atom stereocenters. The fourth-order valence-corrected chi connectivity index (χ4v) is 4.08. The Morgan fingerprint density at radius 1 is 1.08 bits per heavy atom. The minimum absolute atomic E-state index is 0.276. The Hall–Kier alpha value is -4.00. The average molecular weight is 488 g/mol. The SMILES string of the molecule is C=C(c1ccccc1)N1CCN(C=O)CC1.C=NC(=NCCC)c1ccc(F)c2c(C(=C)C)c[nH]c12. The third kappa shape index (κ3) is 6.16. The van der Waals surface area contributed by atoms with Crippen molar-refractivity contribution >= 4 is 41.1 Å². The fourth-order valence-electron chi connectivity index (χ4n) is 4.08. The molecule has 1 amide bonds. The number of rotatable bonds is 7. The number of nitrogens with one attached hydrogen (secondary N) is 1. The van der Waals surface area contributed by atoms with Crippen LogP contribution in [-0.2, 0) is 4.79 Å². The number of piperazine rings is 1. The molecule has 7 heteroatoms. The number of aromatic nitrogens is 1. The maximum Gasteiger partial charge on any atom is 0.209 e. The first-order valence-corrected chi connectivity index (χ1v) is 12.1. The highest BCUT2D eigenvalue weighted by Gasteiger charge is 2.17. The van der Waals surface area contributed by atoms with E-state index in [0.29, 0.717) is 23.3 Å². The largest absolute Gasteiger partial charge is 0.368 e. The second kappa shape index (κ2) is 12.6.